The molecule has 3 aliphatic rings. The molecule has 0 fully saturated rings. The Morgan fingerprint density at radius 1 is 0.377 bits per heavy atom. The summed E-state index contributed by atoms with van der Waals surface area (Å²) in [4.78, 5) is 4.99. The standard InChI is InChI=1S/C58H40N2S/c1-57(2)47-24-11-13-27-51(47)60(52-28-14-12-25-48(52)57)53-29-16-26-49-56(53)44-21-7-10-23-46(44)58(49)45-22-9-6-19-40(45)41-33-31-38(35-50(41)58)59(37-17-4-3-5-18-37)39-32-34-43-42-20-8-15-30-54(42)61-55(43)36-39/h3-36H,1-2H3. The first kappa shape index (κ1) is 34.6. The number of hydrogen-bond donors (Lipinski definition) is 0. The van der Waals surface area contributed by atoms with Gasteiger partial charge < -0.3 is 9.80 Å². The van der Waals surface area contributed by atoms with E-state index in [0.29, 0.717) is 0 Å². The fourth-order valence-electron chi connectivity index (χ4n) is 11.3. The van der Waals surface area contributed by atoms with E-state index in [0.717, 1.165) is 17.1 Å². The van der Waals surface area contributed by atoms with Crippen LogP contribution in [0.25, 0.3) is 42.4 Å². The van der Waals surface area contributed by atoms with E-state index in [2.05, 4.69) is 230 Å². The zero-order valence-corrected chi connectivity index (χ0v) is 34.7. The lowest BCUT2D eigenvalue weighted by molar-refractivity contribution is 0.632. The van der Waals surface area contributed by atoms with Crippen LogP contribution in [-0.4, -0.2) is 0 Å². The van der Waals surface area contributed by atoms with Crippen LogP contribution >= 0.6 is 11.3 Å². The molecule has 0 amide bonds. The van der Waals surface area contributed by atoms with Crippen molar-refractivity contribution in [2.24, 2.45) is 0 Å². The van der Waals surface area contributed by atoms with E-state index < -0.39 is 5.41 Å². The molecule has 9 aromatic carbocycles. The van der Waals surface area contributed by atoms with Gasteiger partial charge in [-0.25, -0.2) is 0 Å². The fourth-order valence-corrected chi connectivity index (χ4v) is 12.4. The van der Waals surface area contributed by atoms with Crippen LogP contribution in [0.2, 0.25) is 0 Å². The molecule has 0 radical (unpaired) electrons. The highest BCUT2D eigenvalue weighted by Gasteiger charge is 2.53. The van der Waals surface area contributed by atoms with E-state index in [4.69, 9.17) is 0 Å². The van der Waals surface area contributed by atoms with E-state index in [1.807, 2.05) is 11.3 Å². The second-order valence-electron chi connectivity index (χ2n) is 17.2. The quantitative estimate of drug-likeness (QED) is 0.175. The molecule has 2 aliphatic carbocycles. The van der Waals surface area contributed by atoms with Crippen molar-refractivity contribution in [3.63, 3.8) is 0 Å². The SMILES string of the molecule is CC1(C)c2ccccc2N(c2cccc3c2-c2ccccc2C32c3ccccc3-c3ccc(N(c4ccccc4)c4ccc5c(c4)sc4ccccc45)cc32)c2ccccc21. The van der Waals surface area contributed by atoms with Gasteiger partial charge in [-0.2, -0.15) is 0 Å². The monoisotopic (exact) mass is 796 g/mol. The summed E-state index contributed by atoms with van der Waals surface area (Å²) in [5.74, 6) is 0. The van der Waals surface area contributed by atoms with Crippen LogP contribution < -0.4 is 9.80 Å². The van der Waals surface area contributed by atoms with Gasteiger partial charge in [-0.15, -0.1) is 11.3 Å². The molecule has 1 spiro atoms. The first-order chi connectivity index (χ1) is 30.0. The smallest absolute Gasteiger partial charge is 0.0727 e. The minimum absolute atomic E-state index is 0.146. The van der Waals surface area contributed by atoms with E-state index in [1.54, 1.807) is 0 Å². The summed E-state index contributed by atoms with van der Waals surface area (Å²) in [6.07, 6.45) is 0. The van der Waals surface area contributed by atoms with Crippen molar-refractivity contribution in [1.82, 2.24) is 0 Å². The van der Waals surface area contributed by atoms with Gasteiger partial charge in [-0.3, -0.25) is 0 Å². The van der Waals surface area contributed by atoms with Crippen LogP contribution in [0.5, 0.6) is 0 Å². The Bertz CT molecular complexity index is 3380. The summed E-state index contributed by atoms with van der Waals surface area (Å²) < 4.78 is 2.61. The molecule has 2 heterocycles. The van der Waals surface area contributed by atoms with Crippen molar-refractivity contribution >= 4 is 65.6 Å². The van der Waals surface area contributed by atoms with Crippen molar-refractivity contribution < 1.29 is 0 Å². The predicted molar refractivity (Wildman–Crippen MR) is 257 cm³/mol. The number of thiophene rings is 1. The lowest BCUT2D eigenvalue weighted by Crippen LogP contribution is -2.31. The molecule has 3 heteroatoms. The number of rotatable bonds is 4. The summed E-state index contributed by atoms with van der Waals surface area (Å²) in [5, 5.41) is 2.62. The molecule has 1 aromatic heterocycles. The Morgan fingerprint density at radius 3 is 1.69 bits per heavy atom. The highest BCUT2D eigenvalue weighted by molar-refractivity contribution is 7.25. The number of benzene rings is 9. The van der Waals surface area contributed by atoms with E-state index >= 15 is 0 Å². The molecular weight excluding hydrogens is 757 g/mol. The average Bonchev–Trinajstić information content (AvgIpc) is 3.94. The van der Waals surface area contributed by atoms with Gasteiger partial charge in [0.25, 0.3) is 0 Å². The topological polar surface area (TPSA) is 6.48 Å². The Labute approximate surface area is 360 Å². The minimum atomic E-state index is -0.532. The lowest BCUT2D eigenvalue weighted by atomic mass is 9.70. The van der Waals surface area contributed by atoms with Crippen molar-refractivity contribution in [3.8, 4) is 22.3 Å². The Morgan fingerprint density at radius 2 is 0.918 bits per heavy atom. The third-order valence-electron chi connectivity index (χ3n) is 13.8. The molecule has 10 aromatic rings. The Balaban J connectivity index is 1.07. The number of fused-ring (bicyclic) bond motifs is 15. The van der Waals surface area contributed by atoms with E-state index in [-0.39, 0.29) is 5.41 Å². The first-order valence-corrected chi connectivity index (χ1v) is 22.1. The molecule has 2 nitrogen and oxygen atoms in total. The van der Waals surface area contributed by atoms with Gasteiger partial charge in [0, 0.05) is 48.2 Å². The molecular formula is C58H40N2S. The van der Waals surface area contributed by atoms with Gasteiger partial charge in [0.1, 0.15) is 0 Å². The highest BCUT2D eigenvalue weighted by atomic mass is 32.1. The molecule has 288 valence electrons. The molecule has 0 saturated carbocycles. The fraction of sp³-hybridized carbons (Fsp3) is 0.0690. The zero-order chi connectivity index (χ0) is 40.5. The van der Waals surface area contributed by atoms with Gasteiger partial charge in [0.2, 0.25) is 0 Å². The summed E-state index contributed by atoms with van der Waals surface area (Å²) in [6, 6.07) is 77.3. The summed E-state index contributed by atoms with van der Waals surface area (Å²) in [7, 11) is 0. The zero-order valence-electron chi connectivity index (χ0n) is 33.9. The van der Waals surface area contributed by atoms with Gasteiger partial charge in [-0.1, -0.05) is 159 Å². The number of anilines is 6. The van der Waals surface area contributed by atoms with Crippen LogP contribution in [0.1, 0.15) is 47.2 Å². The molecule has 1 atom stereocenters. The van der Waals surface area contributed by atoms with E-state index in [9.17, 15) is 0 Å². The van der Waals surface area contributed by atoms with Gasteiger partial charge in [0.15, 0.2) is 0 Å². The Hall–Kier alpha value is -7.20. The maximum atomic E-state index is 2.55. The molecule has 0 saturated heterocycles. The largest absolute Gasteiger partial charge is 0.310 e. The second-order valence-corrected chi connectivity index (χ2v) is 18.3. The normalized spacial score (nSPS) is 16.2. The van der Waals surface area contributed by atoms with E-state index in [1.165, 1.54) is 92.9 Å². The van der Waals surface area contributed by atoms with Crippen LogP contribution in [-0.2, 0) is 10.8 Å². The molecule has 13 rings (SSSR count). The van der Waals surface area contributed by atoms with Crippen molar-refractivity contribution in [1.29, 1.82) is 0 Å². The molecule has 0 bridgehead atoms. The third kappa shape index (κ3) is 4.62. The van der Waals surface area contributed by atoms with Crippen molar-refractivity contribution in [2.45, 2.75) is 24.7 Å². The maximum Gasteiger partial charge on any atom is 0.0727 e. The molecule has 61 heavy (non-hydrogen) atoms. The molecule has 0 N–H and O–H groups in total. The summed E-state index contributed by atoms with van der Waals surface area (Å²) >= 11 is 1.87. The van der Waals surface area contributed by atoms with Crippen LogP contribution in [0.3, 0.4) is 0 Å². The highest BCUT2D eigenvalue weighted by Crippen LogP contribution is 2.66. The van der Waals surface area contributed by atoms with Gasteiger partial charge in [0.05, 0.1) is 22.5 Å². The van der Waals surface area contributed by atoms with Crippen molar-refractivity contribution in [2.75, 3.05) is 9.80 Å². The second kappa shape index (κ2) is 12.7. The van der Waals surface area contributed by atoms with Crippen LogP contribution in [0.4, 0.5) is 34.1 Å². The van der Waals surface area contributed by atoms with Gasteiger partial charge in [-0.05, 0) is 111 Å². The third-order valence-corrected chi connectivity index (χ3v) is 15.0. The first-order valence-electron chi connectivity index (χ1n) is 21.3. The summed E-state index contributed by atoms with van der Waals surface area (Å²) in [5.41, 5.74) is 19.6. The summed E-state index contributed by atoms with van der Waals surface area (Å²) in [6.45, 7) is 4.73. The number of hydrogen-bond acceptors (Lipinski definition) is 3. The average molecular weight is 797 g/mol. The minimum Gasteiger partial charge on any atom is -0.310 e. The molecule has 1 aliphatic heterocycles. The van der Waals surface area contributed by atoms with Crippen molar-refractivity contribution in [3.05, 3.63) is 240 Å². The predicted octanol–water partition coefficient (Wildman–Crippen LogP) is 16.0. The molecule has 1 unspecified atom stereocenters. The maximum absolute atomic E-state index is 2.55. The number of nitrogens with zero attached hydrogens (tertiary/aromatic N) is 2. The lowest BCUT2D eigenvalue weighted by Gasteiger charge is -2.42. The van der Waals surface area contributed by atoms with Crippen LogP contribution in [0, 0.1) is 0 Å². The van der Waals surface area contributed by atoms with Crippen LogP contribution in [0.15, 0.2) is 206 Å². The number of para-hydroxylation sites is 3. The Kier molecular flexibility index (Phi) is 7.19. The van der Waals surface area contributed by atoms with Gasteiger partial charge >= 0.3 is 0 Å².